The molecule has 55 heavy (non-hydrogen) atoms. The van der Waals surface area contributed by atoms with Gasteiger partial charge in [0.05, 0.1) is 45.0 Å². The molecule has 4 saturated carbocycles. The number of rotatable bonds is 4. The quantitative estimate of drug-likeness (QED) is 0.179. The Balaban J connectivity index is 0.938. The summed E-state index contributed by atoms with van der Waals surface area (Å²) in [4.78, 5) is 5.23. The predicted molar refractivity (Wildman–Crippen MR) is 227 cm³/mol. The van der Waals surface area contributed by atoms with E-state index in [1.54, 1.807) is 5.56 Å². The van der Waals surface area contributed by atoms with E-state index in [0.29, 0.717) is 5.41 Å². The largest absolute Gasteiger partial charge is 0.309 e. The van der Waals surface area contributed by atoms with Gasteiger partial charge in [0, 0.05) is 38.0 Å². The van der Waals surface area contributed by atoms with Crippen LogP contribution in [0.15, 0.2) is 152 Å². The molecule has 4 aliphatic rings. The summed E-state index contributed by atoms with van der Waals surface area (Å²) in [5.41, 5.74) is 11.5. The first kappa shape index (κ1) is 30.2. The van der Waals surface area contributed by atoms with Crippen LogP contribution in [0, 0.1) is 17.8 Å². The minimum absolute atomic E-state index is 0.377. The summed E-state index contributed by atoms with van der Waals surface area (Å²) >= 11 is 0. The molecule has 0 aliphatic heterocycles. The molecule has 0 radical (unpaired) electrons. The maximum atomic E-state index is 5.23. The number of hydrogen-bond donors (Lipinski definition) is 0. The van der Waals surface area contributed by atoms with Gasteiger partial charge in [-0.3, -0.25) is 4.57 Å². The van der Waals surface area contributed by atoms with Crippen molar-refractivity contribution in [3.05, 3.63) is 157 Å². The summed E-state index contributed by atoms with van der Waals surface area (Å²) in [5, 5.41) is 7.69. The second-order valence-corrected chi connectivity index (χ2v) is 17.1. The van der Waals surface area contributed by atoms with E-state index in [-0.39, 0.29) is 0 Å². The average molecular weight is 709 g/mol. The molecule has 0 unspecified atom stereocenters. The molecule has 6 aromatic carbocycles. The Morgan fingerprint density at radius 1 is 0.400 bits per heavy atom. The fraction of sp³-hybridized carbons (Fsp3) is 0.196. The highest BCUT2D eigenvalue weighted by molar-refractivity contribution is 6.12. The number of benzene rings is 6. The molecule has 4 heteroatoms. The van der Waals surface area contributed by atoms with E-state index in [2.05, 4.69) is 165 Å². The molecule has 4 fully saturated rings. The number of nitrogens with zero attached hydrogens (tertiary/aromatic N) is 4. The van der Waals surface area contributed by atoms with Crippen molar-refractivity contribution in [2.45, 2.75) is 43.9 Å². The fourth-order valence-electron chi connectivity index (χ4n) is 12.2. The van der Waals surface area contributed by atoms with Crippen LogP contribution in [-0.2, 0) is 5.41 Å². The molecule has 0 amide bonds. The second kappa shape index (κ2) is 11.0. The van der Waals surface area contributed by atoms with Gasteiger partial charge in [-0.2, -0.15) is 0 Å². The third kappa shape index (κ3) is 4.20. The van der Waals surface area contributed by atoms with Crippen LogP contribution in [0.25, 0.3) is 82.6 Å². The van der Waals surface area contributed by atoms with E-state index in [1.807, 2.05) is 0 Å². The van der Waals surface area contributed by atoms with Gasteiger partial charge >= 0.3 is 0 Å². The molecule has 10 aromatic rings. The van der Waals surface area contributed by atoms with E-state index in [4.69, 9.17) is 4.98 Å². The molecule has 0 spiro atoms. The number of para-hydroxylation sites is 4. The van der Waals surface area contributed by atoms with Crippen LogP contribution in [0.4, 0.5) is 0 Å². The zero-order valence-electron chi connectivity index (χ0n) is 30.7. The summed E-state index contributed by atoms with van der Waals surface area (Å²) in [6.07, 6.45) is 10.7. The van der Waals surface area contributed by atoms with Crippen LogP contribution in [0.2, 0.25) is 0 Å². The zero-order chi connectivity index (χ0) is 35.8. The third-order valence-corrected chi connectivity index (χ3v) is 14.0. The molecule has 14 rings (SSSR count). The van der Waals surface area contributed by atoms with Crippen LogP contribution in [-0.4, -0.2) is 18.7 Å². The molecule has 4 aliphatic carbocycles. The van der Waals surface area contributed by atoms with Crippen molar-refractivity contribution in [1.29, 1.82) is 0 Å². The van der Waals surface area contributed by atoms with Gasteiger partial charge in [0.1, 0.15) is 5.82 Å². The van der Waals surface area contributed by atoms with Gasteiger partial charge in [-0.1, -0.05) is 78.9 Å². The number of hydrogen-bond acceptors (Lipinski definition) is 1. The Labute approximate surface area is 319 Å². The Morgan fingerprint density at radius 3 is 1.40 bits per heavy atom. The van der Waals surface area contributed by atoms with Gasteiger partial charge in [0.25, 0.3) is 0 Å². The van der Waals surface area contributed by atoms with Gasteiger partial charge in [-0.05, 0) is 134 Å². The van der Waals surface area contributed by atoms with Gasteiger partial charge in [-0.15, -0.1) is 0 Å². The van der Waals surface area contributed by atoms with Crippen molar-refractivity contribution in [2.24, 2.45) is 17.8 Å². The van der Waals surface area contributed by atoms with E-state index in [0.717, 1.165) is 46.0 Å². The summed E-state index contributed by atoms with van der Waals surface area (Å²) in [7, 11) is 0. The molecule has 4 aromatic heterocycles. The molecule has 4 nitrogen and oxygen atoms in total. The molecule has 4 heterocycles. The van der Waals surface area contributed by atoms with Gasteiger partial charge in [0.15, 0.2) is 0 Å². The molecule has 264 valence electrons. The van der Waals surface area contributed by atoms with Crippen molar-refractivity contribution in [2.75, 3.05) is 0 Å². The summed E-state index contributed by atoms with van der Waals surface area (Å²) in [5.74, 6) is 3.73. The lowest BCUT2D eigenvalue weighted by atomic mass is 9.48. The van der Waals surface area contributed by atoms with E-state index in [9.17, 15) is 0 Å². The Bertz CT molecular complexity index is 3100. The summed E-state index contributed by atoms with van der Waals surface area (Å²) < 4.78 is 7.16. The topological polar surface area (TPSA) is 27.7 Å². The van der Waals surface area contributed by atoms with Crippen LogP contribution in [0.5, 0.6) is 0 Å². The van der Waals surface area contributed by atoms with Crippen molar-refractivity contribution in [1.82, 2.24) is 18.7 Å². The summed E-state index contributed by atoms with van der Waals surface area (Å²) in [6, 6.07) is 54.0. The predicted octanol–water partition coefficient (Wildman–Crippen LogP) is 12.8. The van der Waals surface area contributed by atoms with Crippen LogP contribution < -0.4 is 0 Å². The molecular formula is C51H40N4. The number of pyridine rings is 1. The minimum atomic E-state index is 0.377. The highest BCUT2D eigenvalue weighted by Gasteiger charge is 2.51. The fourth-order valence-corrected chi connectivity index (χ4v) is 12.2. The van der Waals surface area contributed by atoms with Crippen LogP contribution >= 0.6 is 0 Å². The van der Waals surface area contributed by atoms with E-state index < -0.39 is 0 Å². The maximum Gasteiger partial charge on any atom is 0.137 e. The van der Waals surface area contributed by atoms with Gasteiger partial charge in [0.2, 0.25) is 0 Å². The molecule has 0 N–H and O–H groups in total. The third-order valence-electron chi connectivity index (χ3n) is 14.0. The monoisotopic (exact) mass is 708 g/mol. The second-order valence-electron chi connectivity index (χ2n) is 17.1. The highest BCUT2D eigenvalue weighted by Crippen LogP contribution is 2.61. The SMILES string of the molecule is c1ccc2c(c1)c1ccccc1n2-c1ccc2c(c1)c1ccccc1n2-c1ccc(-n2c3ccccc3c3cc(C45CC6CC(CC(C6)C4)C5)ccc32)cn1. The minimum Gasteiger partial charge on any atom is -0.309 e. The van der Waals surface area contributed by atoms with Crippen molar-refractivity contribution >= 4 is 65.4 Å². The van der Waals surface area contributed by atoms with Crippen LogP contribution in [0.1, 0.15) is 44.1 Å². The Morgan fingerprint density at radius 2 is 0.836 bits per heavy atom. The first-order valence-electron chi connectivity index (χ1n) is 20.2. The van der Waals surface area contributed by atoms with E-state index >= 15 is 0 Å². The van der Waals surface area contributed by atoms with Gasteiger partial charge in [-0.25, -0.2) is 4.98 Å². The summed E-state index contributed by atoms with van der Waals surface area (Å²) in [6.45, 7) is 0. The number of fused-ring (bicyclic) bond motifs is 9. The lowest BCUT2D eigenvalue weighted by molar-refractivity contribution is -0.00512. The zero-order valence-corrected chi connectivity index (χ0v) is 30.7. The average Bonchev–Trinajstić information content (AvgIpc) is 3.86. The normalized spacial score (nSPS) is 22.0. The van der Waals surface area contributed by atoms with Crippen molar-refractivity contribution in [3.8, 4) is 17.2 Å². The van der Waals surface area contributed by atoms with Crippen LogP contribution in [0.3, 0.4) is 0 Å². The standard InChI is InChI=1S/C51H40N4/c1-5-13-44-38(9-1)39-10-2-6-14-45(39)53(44)36-18-21-49-43(27-36)41-12-4-8-16-47(41)55(49)50-22-19-37(31-52-50)54-46-15-7-3-11-40(46)42-26-35(17-20-48(42)54)51-28-32-23-33(29-51)25-34(24-32)30-51/h1-22,26-27,31-34H,23-25,28-30H2. The molecule has 0 saturated heterocycles. The first-order valence-corrected chi connectivity index (χ1v) is 20.2. The van der Waals surface area contributed by atoms with Gasteiger partial charge < -0.3 is 9.13 Å². The smallest absolute Gasteiger partial charge is 0.137 e. The lowest BCUT2D eigenvalue weighted by Gasteiger charge is -2.57. The number of aromatic nitrogens is 4. The molecule has 0 atom stereocenters. The highest BCUT2D eigenvalue weighted by atomic mass is 15.1. The lowest BCUT2D eigenvalue weighted by Crippen LogP contribution is -2.48. The molecular weight excluding hydrogens is 669 g/mol. The Kier molecular flexibility index (Phi) is 6.03. The van der Waals surface area contributed by atoms with E-state index in [1.165, 1.54) is 92.9 Å². The Hall–Kier alpha value is -6.13. The maximum absolute atomic E-state index is 5.23. The first-order chi connectivity index (χ1) is 27.2. The van der Waals surface area contributed by atoms with Crippen molar-refractivity contribution in [3.63, 3.8) is 0 Å². The molecule has 4 bridgehead atoms. The van der Waals surface area contributed by atoms with Crippen molar-refractivity contribution < 1.29 is 0 Å².